The van der Waals surface area contributed by atoms with E-state index in [1.165, 1.54) is 0 Å². The van der Waals surface area contributed by atoms with Gasteiger partial charge in [-0.2, -0.15) is 0 Å². The monoisotopic (exact) mass is 537 g/mol. The van der Waals surface area contributed by atoms with Crippen molar-refractivity contribution in [1.29, 1.82) is 0 Å². The largest absolute Gasteiger partial charge is 0.466 e. The summed E-state index contributed by atoms with van der Waals surface area (Å²) in [6, 6.07) is 9.46. The molecule has 0 saturated heterocycles. The number of aliphatic hydroxyl groups excluding tert-OH is 1. The van der Waals surface area contributed by atoms with Crippen molar-refractivity contribution in [1.82, 2.24) is 5.32 Å². The summed E-state index contributed by atoms with van der Waals surface area (Å²) in [7, 11) is 0. The van der Waals surface area contributed by atoms with Crippen molar-refractivity contribution in [3.63, 3.8) is 0 Å². The highest BCUT2D eigenvalue weighted by atomic mass is 16.6. The molecule has 0 bridgehead atoms. The third kappa shape index (κ3) is 20.0. The molecular weight excluding hydrogens is 494 g/mol. The molecule has 0 aliphatic heterocycles. The third-order valence-electron chi connectivity index (χ3n) is 5.47. The Bertz CT molecular complexity index is 786. The minimum atomic E-state index is -0.451. The van der Waals surface area contributed by atoms with E-state index in [-0.39, 0.29) is 37.7 Å². The van der Waals surface area contributed by atoms with Gasteiger partial charge in [0.25, 0.3) is 0 Å². The number of hydrogen-bond acceptors (Lipinski definition) is 9. The van der Waals surface area contributed by atoms with Crippen LogP contribution in [0.3, 0.4) is 0 Å². The van der Waals surface area contributed by atoms with E-state index in [1.807, 2.05) is 30.3 Å². The maximum absolute atomic E-state index is 11.8. The Kier molecular flexibility index (Phi) is 19.9. The van der Waals surface area contributed by atoms with Crippen LogP contribution in [0, 0.1) is 0 Å². The fraction of sp³-hybridized carbons (Fsp3) is 0.643. The van der Waals surface area contributed by atoms with Gasteiger partial charge in [0.05, 0.1) is 19.8 Å². The van der Waals surface area contributed by atoms with Crippen LogP contribution in [-0.4, -0.2) is 62.1 Å². The minimum absolute atomic E-state index is 0.0231. The number of hydrogen-bond donors (Lipinski definition) is 2. The summed E-state index contributed by atoms with van der Waals surface area (Å²) < 4.78 is 20.3. The number of nitrogens with one attached hydrogen (secondary N) is 1. The molecule has 0 aromatic heterocycles. The van der Waals surface area contributed by atoms with Gasteiger partial charge in [0.2, 0.25) is 0 Å². The van der Waals surface area contributed by atoms with Crippen LogP contribution in [0.15, 0.2) is 30.3 Å². The van der Waals surface area contributed by atoms with E-state index in [9.17, 15) is 19.2 Å². The molecule has 0 unspecified atom stereocenters. The quantitative estimate of drug-likeness (QED) is 0.126. The molecule has 0 aliphatic carbocycles. The van der Waals surface area contributed by atoms with Crippen LogP contribution in [0.5, 0.6) is 0 Å². The first-order chi connectivity index (χ1) is 18.5. The summed E-state index contributed by atoms with van der Waals surface area (Å²) in [5.41, 5.74) is 0.931. The smallest absolute Gasteiger partial charge is 0.407 e. The molecule has 0 atom stereocenters. The van der Waals surface area contributed by atoms with Crippen molar-refractivity contribution >= 4 is 24.0 Å². The predicted molar refractivity (Wildman–Crippen MR) is 140 cm³/mol. The molecule has 1 aromatic rings. The van der Waals surface area contributed by atoms with Crippen LogP contribution >= 0.6 is 0 Å². The van der Waals surface area contributed by atoms with Gasteiger partial charge in [0, 0.05) is 25.8 Å². The summed E-state index contributed by atoms with van der Waals surface area (Å²) in [5, 5.41) is 11.3. The van der Waals surface area contributed by atoms with Gasteiger partial charge in [0.1, 0.15) is 13.2 Å². The van der Waals surface area contributed by atoms with Gasteiger partial charge in [-0.05, 0) is 56.9 Å². The number of carbonyl (C=O) groups excluding carboxylic acids is 4. The summed E-state index contributed by atoms with van der Waals surface area (Å²) in [4.78, 5) is 46.5. The van der Waals surface area contributed by atoms with Crippen molar-refractivity contribution in [2.24, 2.45) is 0 Å². The highest BCUT2D eigenvalue weighted by Crippen LogP contribution is 2.06. The molecule has 0 radical (unpaired) electrons. The molecule has 1 rings (SSSR count). The SMILES string of the molecule is O=C(CCCCCOC(=O)CCCCCOC(=O)CCCCCNC(=O)OCc1ccccc1)OCCO. The Morgan fingerprint density at radius 1 is 0.605 bits per heavy atom. The number of unbranched alkanes of at least 4 members (excludes halogenated alkanes) is 6. The number of alkyl carbamates (subject to hydrolysis) is 1. The lowest BCUT2D eigenvalue weighted by Crippen LogP contribution is -2.25. The Labute approximate surface area is 225 Å². The molecule has 1 amide bonds. The fourth-order valence-corrected chi connectivity index (χ4v) is 3.38. The van der Waals surface area contributed by atoms with E-state index in [1.54, 1.807) is 0 Å². The zero-order valence-corrected chi connectivity index (χ0v) is 22.3. The molecule has 2 N–H and O–H groups in total. The van der Waals surface area contributed by atoms with Gasteiger partial charge in [0.15, 0.2) is 0 Å². The van der Waals surface area contributed by atoms with Crippen molar-refractivity contribution < 1.29 is 43.2 Å². The second kappa shape index (κ2) is 23.0. The number of rotatable bonds is 22. The molecule has 10 nitrogen and oxygen atoms in total. The first-order valence-electron chi connectivity index (χ1n) is 13.5. The van der Waals surface area contributed by atoms with Crippen LogP contribution in [0.25, 0.3) is 0 Å². The summed E-state index contributed by atoms with van der Waals surface area (Å²) in [6.45, 7) is 1.24. The van der Waals surface area contributed by atoms with Crippen LogP contribution in [0.2, 0.25) is 0 Å². The van der Waals surface area contributed by atoms with Crippen LogP contribution in [0.4, 0.5) is 4.79 Å². The molecule has 0 aliphatic rings. The van der Waals surface area contributed by atoms with Gasteiger partial charge in [-0.15, -0.1) is 0 Å². The summed E-state index contributed by atoms with van der Waals surface area (Å²) in [6.07, 6.45) is 7.00. The van der Waals surface area contributed by atoms with E-state index < -0.39 is 6.09 Å². The second-order valence-corrected chi connectivity index (χ2v) is 8.81. The molecule has 0 saturated carbocycles. The fourth-order valence-electron chi connectivity index (χ4n) is 3.38. The number of ether oxygens (including phenoxy) is 4. The second-order valence-electron chi connectivity index (χ2n) is 8.81. The van der Waals surface area contributed by atoms with Gasteiger partial charge in [-0.1, -0.05) is 36.8 Å². The van der Waals surface area contributed by atoms with Gasteiger partial charge in [-0.3, -0.25) is 14.4 Å². The van der Waals surface area contributed by atoms with Gasteiger partial charge >= 0.3 is 24.0 Å². The van der Waals surface area contributed by atoms with Crippen LogP contribution in [-0.2, 0) is 39.9 Å². The van der Waals surface area contributed by atoms with Crippen molar-refractivity contribution in [2.75, 3.05) is 33.0 Å². The Balaban J connectivity index is 1.84. The molecule has 0 fully saturated rings. The number of benzene rings is 1. The number of aliphatic hydroxyl groups is 1. The molecule has 0 spiro atoms. The normalized spacial score (nSPS) is 10.4. The zero-order valence-electron chi connectivity index (χ0n) is 22.3. The lowest BCUT2D eigenvalue weighted by atomic mass is 10.2. The first kappa shape index (κ1) is 32.9. The van der Waals surface area contributed by atoms with E-state index in [0.717, 1.165) is 31.2 Å². The Hall–Kier alpha value is -3.14. The molecule has 38 heavy (non-hydrogen) atoms. The lowest BCUT2D eigenvalue weighted by molar-refractivity contribution is -0.146. The lowest BCUT2D eigenvalue weighted by Gasteiger charge is -2.07. The van der Waals surface area contributed by atoms with Gasteiger partial charge in [-0.25, -0.2) is 4.79 Å². The van der Waals surface area contributed by atoms with E-state index >= 15 is 0 Å². The molecule has 1 aromatic carbocycles. The standard InChI is InChI=1S/C28H43NO9/c30-19-22-37-27(33)17-9-4-12-21-36-26(32)16-8-3-11-20-35-25(31)15-7-2-10-18-29-28(34)38-23-24-13-5-1-6-14-24/h1,5-6,13-14,30H,2-4,7-12,15-23H2,(H,29,34). The maximum Gasteiger partial charge on any atom is 0.407 e. The van der Waals surface area contributed by atoms with E-state index in [0.29, 0.717) is 71.1 Å². The molecular formula is C28H43NO9. The molecule has 0 heterocycles. The third-order valence-corrected chi connectivity index (χ3v) is 5.47. The van der Waals surface area contributed by atoms with Gasteiger partial charge < -0.3 is 29.4 Å². The zero-order chi connectivity index (χ0) is 27.7. The highest BCUT2D eigenvalue weighted by molar-refractivity contribution is 5.70. The highest BCUT2D eigenvalue weighted by Gasteiger charge is 2.06. The summed E-state index contributed by atoms with van der Waals surface area (Å²) >= 11 is 0. The van der Waals surface area contributed by atoms with E-state index in [2.05, 4.69) is 5.32 Å². The molecule has 214 valence electrons. The van der Waals surface area contributed by atoms with Crippen molar-refractivity contribution in [3.8, 4) is 0 Å². The maximum atomic E-state index is 11.8. The Morgan fingerprint density at radius 3 is 1.63 bits per heavy atom. The topological polar surface area (TPSA) is 137 Å². The average Bonchev–Trinajstić information content (AvgIpc) is 2.92. The summed E-state index contributed by atoms with van der Waals surface area (Å²) in [5.74, 6) is -0.810. The van der Waals surface area contributed by atoms with Crippen LogP contribution in [0.1, 0.15) is 82.6 Å². The number of carbonyl (C=O) groups is 4. The first-order valence-corrected chi connectivity index (χ1v) is 13.5. The number of amides is 1. The average molecular weight is 538 g/mol. The van der Waals surface area contributed by atoms with Crippen molar-refractivity contribution in [2.45, 2.75) is 83.7 Å². The van der Waals surface area contributed by atoms with Crippen LogP contribution < -0.4 is 5.32 Å². The van der Waals surface area contributed by atoms with Crippen molar-refractivity contribution in [3.05, 3.63) is 35.9 Å². The Morgan fingerprint density at radius 2 is 1.11 bits per heavy atom. The predicted octanol–water partition coefficient (Wildman–Crippen LogP) is 4.22. The number of esters is 3. The van der Waals surface area contributed by atoms with E-state index in [4.69, 9.17) is 24.1 Å². The minimum Gasteiger partial charge on any atom is -0.466 e. The molecule has 10 heteroatoms.